The Morgan fingerprint density at radius 1 is 1.12 bits per heavy atom. The highest BCUT2D eigenvalue weighted by molar-refractivity contribution is 7.90. The zero-order valence-corrected chi connectivity index (χ0v) is 15.7. The molecule has 0 saturated carbocycles. The van der Waals surface area contributed by atoms with Crippen molar-refractivity contribution in [3.8, 4) is 21.9 Å². The lowest BCUT2D eigenvalue weighted by Crippen LogP contribution is -2.34. The highest BCUT2D eigenvalue weighted by Gasteiger charge is 2.33. The fraction of sp³-hybridized carbons (Fsp3) is 0.200. The van der Waals surface area contributed by atoms with E-state index >= 15 is 0 Å². The maximum Gasteiger partial charge on any atom is 0.333 e. The lowest BCUT2D eigenvalue weighted by molar-refractivity contribution is 0.256. The molecule has 2 rings (SSSR count). The summed E-state index contributed by atoms with van der Waals surface area (Å²) in [5, 5.41) is 11.5. The van der Waals surface area contributed by atoms with Gasteiger partial charge in [0, 0.05) is 0 Å². The highest BCUT2D eigenvalue weighted by atomic mass is 32.2. The van der Waals surface area contributed by atoms with Gasteiger partial charge in [0.2, 0.25) is 10.1 Å². The Morgan fingerprint density at radius 3 is 2.35 bits per heavy atom. The van der Waals surface area contributed by atoms with Gasteiger partial charge in [0.05, 0.1) is 32.6 Å². The van der Waals surface area contributed by atoms with E-state index in [2.05, 4.69) is 5.32 Å². The molecule has 1 aromatic heterocycles. The van der Waals surface area contributed by atoms with Crippen LogP contribution in [0, 0.1) is 11.3 Å². The van der Waals surface area contributed by atoms with Crippen molar-refractivity contribution >= 4 is 33.1 Å². The first-order valence-corrected chi connectivity index (χ1v) is 9.29. The van der Waals surface area contributed by atoms with E-state index in [0.29, 0.717) is 0 Å². The van der Waals surface area contributed by atoms with E-state index in [1.165, 1.54) is 33.5 Å². The van der Waals surface area contributed by atoms with Gasteiger partial charge in [-0.1, -0.05) is 23.5 Å². The molecule has 0 aliphatic rings. The number of para-hydroxylation sites is 1. The van der Waals surface area contributed by atoms with Crippen molar-refractivity contribution in [2.45, 2.75) is 4.90 Å². The second-order valence-corrected chi connectivity index (χ2v) is 7.23. The average molecular weight is 397 g/mol. The van der Waals surface area contributed by atoms with Gasteiger partial charge in [-0.3, -0.25) is 0 Å². The molecule has 0 aliphatic carbocycles. The lowest BCUT2D eigenvalue weighted by Gasteiger charge is -2.11. The summed E-state index contributed by atoms with van der Waals surface area (Å²) in [6, 6.07) is 7.03. The fourth-order valence-electron chi connectivity index (χ4n) is 2.05. The Bertz CT molecular complexity index is 962. The molecule has 0 bridgehead atoms. The molecule has 26 heavy (non-hydrogen) atoms. The Kier molecular flexibility index (Phi) is 5.91. The van der Waals surface area contributed by atoms with Crippen LogP contribution in [-0.2, 0) is 10.0 Å². The Labute approximate surface area is 154 Å². The third-order valence-corrected chi connectivity index (χ3v) is 5.71. The topological polar surface area (TPSA) is 127 Å². The fourth-order valence-corrected chi connectivity index (χ4v) is 4.49. The van der Waals surface area contributed by atoms with Crippen LogP contribution < -0.4 is 24.2 Å². The number of ether oxygens (including phenoxy) is 3. The molecule has 0 radical (unpaired) electrons. The maximum atomic E-state index is 12.6. The lowest BCUT2D eigenvalue weighted by atomic mass is 10.2. The van der Waals surface area contributed by atoms with E-state index < -0.39 is 16.1 Å². The number of urea groups is 1. The SMILES string of the molecule is COc1sc(OC)c(S(=O)(=O)NC(=O)Nc2ccccc2C#N)c1OC. The number of hydrogen-bond donors (Lipinski definition) is 2. The summed E-state index contributed by atoms with van der Waals surface area (Å²) in [4.78, 5) is 11.8. The molecule has 0 saturated heterocycles. The maximum absolute atomic E-state index is 12.6. The number of methoxy groups -OCH3 is 3. The number of anilines is 1. The molecule has 2 N–H and O–H groups in total. The van der Waals surface area contributed by atoms with Gasteiger partial charge in [-0.25, -0.2) is 17.9 Å². The van der Waals surface area contributed by atoms with Crippen LogP contribution in [0.5, 0.6) is 15.9 Å². The van der Waals surface area contributed by atoms with Crippen molar-refractivity contribution < 1.29 is 27.4 Å². The predicted molar refractivity (Wildman–Crippen MR) is 94.5 cm³/mol. The molecule has 2 amide bonds. The van der Waals surface area contributed by atoms with Gasteiger partial charge in [-0.15, -0.1) is 0 Å². The molecule has 138 valence electrons. The van der Waals surface area contributed by atoms with Crippen LogP contribution in [0.2, 0.25) is 0 Å². The second-order valence-electron chi connectivity index (χ2n) is 4.66. The molecule has 0 fully saturated rings. The number of amides is 2. The molecule has 11 heteroatoms. The quantitative estimate of drug-likeness (QED) is 0.764. The van der Waals surface area contributed by atoms with E-state index in [4.69, 9.17) is 19.5 Å². The van der Waals surface area contributed by atoms with Gasteiger partial charge in [-0.2, -0.15) is 5.26 Å². The first kappa shape index (κ1) is 19.4. The second kappa shape index (κ2) is 7.94. The summed E-state index contributed by atoms with van der Waals surface area (Å²) in [5.74, 6) is -0.0768. The van der Waals surface area contributed by atoms with E-state index in [9.17, 15) is 13.2 Å². The van der Waals surface area contributed by atoms with E-state index in [0.717, 1.165) is 11.3 Å². The van der Waals surface area contributed by atoms with Crippen LogP contribution in [0.15, 0.2) is 29.2 Å². The number of thiophene rings is 1. The third-order valence-electron chi connectivity index (χ3n) is 3.13. The van der Waals surface area contributed by atoms with Crippen LogP contribution >= 0.6 is 11.3 Å². The van der Waals surface area contributed by atoms with Gasteiger partial charge < -0.3 is 19.5 Å². The molecular weight excluding hydrogens is 382 g/mol. The Morgan fingerprint density at radius 2 is 1.77 bits per heavy atom. The smallest absolute Gasteiger partial charge is 0.333 e. The Hall–Kier alpha value is -2.97. The van der Waals surface area contributed by atoms with Crippen LogP contribution in [-0.4, -0.2) is 35.8 Å². The number of nitrogens with one attached hydrogen (secondary N) is 2. The average Bonchev–Trinajstić information content (AvgIpc) is 3.00. The highest BCUT2D eigenvalue weighted by Crippen LogP contribution is 2.49. The molecule has 1 aromatic carbocycles. The monoisotopic (exact) mass is 397 g/mol. The van der Waals surface area contributed by atoms with Crippen molar-refractivity contribution in [2.75, 3.05) is 26.6 Å². The molecular formula is C15H15N3O6S2. The number of carbonyl (C=O) groups is 1. The third kappa shape index (κ3) is 3.81. The summed E-state index contributed by atoms with van der Waals surface area (Å²) in [5.41, 5.74) is 0.358. The van der Waals surface area contributed by atoms with Gasteiger partial charge in [0.15, 0.2) is 10.6 Å². The molecule has 0 aliphatic heterocycles. The summed E-state index contributed by atoms with van der Waals surface area (Å²) in [7, 11) is -0.433. The molecule has 0 atom stereocenters. The zero-order valence-electron chi connectivity index (χ0n) is 14.0. The van der Waals surface area contributed by atoms with Crippen molar-refractivity contribution in [3.05, 3.63) is 29.8 Å². The van der Waals surface area contributed by atoms with Crippen molar-refractivity contribution in [1.29, 1.82) is 5.26 Å². The van der Waals surface area contributed by atoms with Crippen LogP contribution in [0.25, 0.3) is 0 Å². The molecule has 0 unspecified atom stereocenters. The number of benzene rings is 1. The minimum atomic E-state index is -4.34. The summed E-state index contributed by atoms with van der Waals surface area (Å²) < 4.78 is 42.3. The molecule has 9 nitrogen and oxygen atoms in total. The number of carbonyl (C=O) groups excluding carboxylic acids is 1. The first-order valence-electron chi connectivity index (χ1n) is 6.99. The standard InChI is InChI=1S/C15H15N3O6S2/c1-22-11-12(14(24-3)25-13(11)23-2)26(20,21)18-15(19)17-10-7-5-4-6-9(10)8-16/h4-7H,1-3H3,(H2,17,18,19). The molecule has 2 aromatic rings. The van der Waals surface area contributed by atoms with Gasteiger partial charge in [0.25, 0.3) is 10.0 Å². The normalized spacial score (nSPS) is 10.5. The predicted octanol–water partition coefficient (Wildman–Crippen LogP) is 2.16. The molecule has 0 spiro atoms. The number of rotatable bonds is 6. The van der Waals surface area contributed by atoms with E-state index in [-0.39, 0.29) is 32.0 Å². The summed E-state index contributed by atoms with van der Waals surface area (Å²) >= 11 is 0.911. The molecule has 1 heterocycles. The van der Waals surface area contributed by atoms with E-state index in [1.807, 2.05) is 10.8 Å². The largest absolute Gasteiger partial charge is 0.491 e. The van der Waals surface area contributed by atoms with E-state index in [1.54, 1.807) is 12.1 Å². The minimum absolute atomic E-state index is 0.00331. The Balaban J connectivity index is 2.33. The van der Waals surface area contributed by atoms with Gasteiger partial charge in [0.1, 0.15) is 6.07 Å². The zero-order chi connectivity index (χ0) is 19.3. The van der Waals surface area contributed by atoms with Gasteiger partial charge >= 0.3 is 6.03 Å². The number of nitrogens with zero attached hydrogens (tertiary/aromatic N) is 1. The number of nitriles is 1. The first-order chi connectivity index (χ1) is 12.4. The number of sulfonamides is 1. The summed E-state index contributed by atoms with van der Waals surface area (Å²) in [6.07, 6.45) is 0. The summed E-state index contributed by atoms with van der Waals surface area (Å²) in [6.45, 7) is 0. The van der Waals surface area contributed by atoms with Crippen molar-refractivity contribution in [1.82, 2.24) is 4.72 Å². The van der Waals surface area contributed by atoms with Crippen LogP contribution in [0.4, 0.5) is 10.5 Å². The minimum Gasteiger partial charge on any atom is -0.491 e. The van der Waals surface area contributed by atoms with Crippen molar-refractivity contribution in [2.24, 2.45) is 0 Å². The van der Waals surface area contributed by atoms with Crippen LogP contribution in [0.3, 0.4) is 0 Å². The van der Waals surface area contributed by atoms with Crippen molar-refractivity contribution in [3.63, 3.8) is 0 Å². The number of hydrogen-bond acceptors (Lipinski definition) is 8. The van der Waals surface area contributed by atoms with Gasteiger partial charge in [-0.05, 0) is 12.1 Å². The van der Waals surface area contributed by atoms with Crippen LogP contribution in [0.1, 0.15) is 5.56 Å².